The summed E-state index contributed by atoms with van der Waals surface area (Å²) in [6, 6.07) is 13.0. The molecular weight excluding hydrogens is 410 g/mol. The van der Waals surface area contributed by atoms with Gasteiger partial charge in [0.05, 0.1) is 29.8 Å². The molecule has 8 heteroatoms. The second-order valence-electron chi connectivity index (χ2n) is 6.72. The molecule has 6 nitrogen and oxygen atoms in total. The molecule has 3 aromatic rings. The summed E-state index contributed by atoms with van der Waals surface area (Å²) >= 11 is 7.34. The van der Waals surface area contributed by atoms with E-state index in [0.29, 0.717) is 40.8 Å². The third-order valence-corrected chi connectivity index (χ3v) is 6.11. The number of carbonyl (C=O) groups excluding carboxylic acids is 1. The van der Waals surface area contributed by atoms with Crippen LogP contribution in [0.15, 0.2) is 52.4 Å². The Morgan fingerprint density at radius 3 is 2.93 bits per heavy atom. The Kier molecular flexibility index (Phi) is 5.89. The summed E-state index contributed by atoms with van der Waals surface area (Å²) in [5, 5.41) is 1.50. The lowest BCUT2D eigenvalue weighted by atomic mass is 10.2. The van der Waals surface area contributed by atoms with Crippen LogP contribution >= 0.6 is 23.4 Å². The highest BCUT2D eigenvalue weighted by Crippen LogP contribution is 2.29. The van der Waals surface area contributed by atoms with E-state index < -0.39 is 0 Å². The normalized spacial score (nSPS) is 13.1. The minimum absolute atomic E-state index is 0.00122. The van der Waals surface area contributed by atoms with Crippen molar-refractivity contribution >= 4 is 45.9 Å². The van der Waals surface area contributed by atoms with Crippen LogP contribution in [0.2, 0.25) is 5.02 Å². The largest absolute Gasteiger partial charge is 0.383 e. The summed E-state index contributed by atoms with van der Waals surface area (Å²) in [5.74, 6) is 0.193. The smallest absolute Gasteiger partial charge is 0.262 e. The van der Waals surface area contributed by atoms with E-state index in [1.807, 2.05) is 24.3 Å². The lowest BCUT2D eigenvalue weighted by Crippen LogP contribution is -2.31. The number of amides is 1. The van der Waals surface area contributed by atoms with Gasteiger partial charge in [0.1, 0.15) is 0 Å². The van der Waals surface area contributed by atoms with Gasteiger partial charge in [-0.25, -0.2) is 4.98 Å². The van der Waals surface area contributed by atoms with Crippen LogP contribution < -0.4 is 10.5 Å². The van der Waals surface area contributed by atoms with Crippen molar-refractivity contribution in [3.05, 3.63) is 63.4 Å². The van der Waals surface area contributed by atoms with Crippen LogP contribution in [0.25, 0.3) is 10.9 Å². The number of hydrogen-bond acceptors (Lipinski definition) is 5. The van der Waals surface area contributed by atoms with Crippen LogP contribution in [0.4, 0.5) is 5.69 Å². The maximum atomic E-state index is 12.9. The lowest BCUT2D eigenvalue weighted by molar-refractivity contribution is -0.116. The number of nitrogens with zero attached hydrogens (tertiary/aromatic N) is 3. The Morgan fingerprint density at radius 2 is 2.10 bits per heavy atom. The number of benzene rings is 2. The molecule has 29 heavy (non-hydrogen) atoms. The molecule has 0 bridgehead atoms. The molecule has 150 valence electrons. The molecule has 0 fully saturated rings. The van der Waals surface area contributed by atoms with Gasteiger partial charge in [0.2, 0.25) is 5.91 Å². The number of ether oxygens (including phenoxy) is 1. The number of anilines is 1. The van der Waals surface area contributed by atoms with E-state index in [0.717, 1.165) is 12.1 Å². The molecule has 0 unspecified atom stereocenters. The lowest BCUT2D eigenvalue weighted by Gasteiger charge is -2.18. The summed E-state index contributed by atoms with van der Waals surface area (Å²) in [5.41, 5.74) is 2.51. The van der Waals surface area contributed by atoms with E-state index in [9.17, 15) is 9.59 Å². The minimum Gasteiger partial charge on any atom is -0.383 e. The van der Waals surface area contributed by atoms with E-state index >= 15 is 0 Å². The summed E-state index contributed by atoms with van der Waals surface area (Å²) in [7, 11) is 1.58. The number of para-hydroxylation sites is 1. The van der Waals surface area contributed by atoms with Gasteiger partial charge in [-0.1, -0.05) is 41.6 Å². The fourth-order valence-corrected chi connectivity index (χ4v) is 4.53. The van der Waals surface area contributed by atoms with Gasteiger partial charge in [0.15, 0.2) is 5.16 Å². The maximum absolute atomic E-state index is 12.9. The predicted molar refractivity (Wildman–Crippen MR) is 116 cm³/mol. The third kappa shape index (κ3) is 4.03. The zero-order chi connectivity index (χ0) is 20.4. The van der Waals surface area contributed by atoms with Crippen LogP contribution in [0, 0.1) is 0 Å². The average Bonchev–Trinajstić information content (AvgIpc) is 3.15. The van der Waals surface area contributed by atoms with Gasteiger partial charge in [0, 0.05) is 24.4 Å². The van der Waals surface area contributed by atoms with Crippen LogP contribution in [0.3, 0.4) is 0 Å². The molecule has 2 aromatic carbocycles. The Hall–Kier alpha value is -2.35. The number of hydrogen-bond donors (Lipinski definition) is 0. The fraction of sp³-hybridized carbons (Fsp3) is 0.286. The van der Waals surface area contributed by atoms with Gasteiger partial charge < -0.3 is 9.64 Å². The van der Waals surface area contributed by atoms with E-state index in [1.165, 1.54) is 17.3 Å². The van der Waals surface area contributed by atoms with Crippen molar-refractivity contribution in [3.63, 3.8) is 0 Å². The molecule has 1 amide bonds. The van der Waals surface area contributed by atoms with Crippen molar-refractivity contribution in [1.29, 1.82) is 0 Å². The molecular formula is C21H20ClN3O3S. The van der Waals surface area contributed by atoms with Gasteiger partial charge in [-0.05, 0) is 36.2 Å². The van der Waals surface area contributed by atoms with E-state index in [-0.39, 0.29) is 17.2 Å². The molecule has 2 heterocycles. The van der Waals surface area contributed by atoms with Crippen molar-refractivity contribution in [2.24, 2.45) is 0 Å². The molecule has 0 N–H and O–H groups in total. The monoisotopic (exact) mass is 429 g/mol. The first-order valence-electron chi connectivity index (χ1n) is 9.28. The topological polar surface area (TPSA) is 64.4 Å². The van der Waals surface area contributed by atoms with Crippen LogP contribution in [0.5, 0.6) is 0 Å². The molecule has 1 aliphatic heterocycles. The highest BCUT2D eigenvalue weighted by Gasteiger charge is 2.24. The molecule has 0 atom stereocenters. The first kappa shape index (κ1) is 19.9. The number of methoxy groups -OCH3 is 1. The fourth-order valence-electron chi connectivity index (χ4n) is 3.47. The summed E-state index contributed by atoms with van der Waals surface area (Å²) in [4.78, 5) is 32.2. The molecule has 0 radical (unpaired) electrons. The van der Waals surface area contributed by atoms with Gasteiger partial charge in [-0.2, -0.15) is 0 Å². The van der Waals surface area contributed by atoms with E-state index in [2.05, 4.69) is 4.98 Å². The van der Waals surface area contributed by atoms with Crippen LogP contribution in [0.1, 0.15) is 5.56 Å². The van der Waals surface area contributed by atoms with Crippen molar-refractivity contribution in [3.8, 4) is 0 Å². The van der Waals surface area contributed by atoms with Gasteiger partial charge in [-0.15, -0.1) is 0 Å². The summed E-state index contributed by atoms with van der Waals surface area (Å²) < 4.78 is 6.70. The zero-order valence-corrected chi connectivity index (χ0v) is 17.5. The molecule has 0 saturated carbocycles. The van der Waals surface area contributed by atoms with E-state index in [4.69, 9.17) is 16.3 Å². The molecule has 4 rings (SSSR count). The number of fused-ring (bicyclic) bond motifs is 2. The van der Waals surface area contributed by atoms with Gasteiger partial charge in [-0.3, -0.25) is 14.2 Å². The molecule has 0 spiro atoms. The SMILES string of the molecule is COCCn1c(SCC(=O)N2CCc3ccccc32)nc2cc(Cl)ccc2c1=O. The second-order valence-corrected chi connectivity index (χ2v) is 8.10. The third-order valence-electron chi connectivity index (χ3n) is 4.91. The van der Waals surface area contributed by atoms with Crippen molar-refractivity contribution in [2.45, 2.75) is 18.1 Å². The van der Waals surface area contributed by atoms with Gasteiger partial charge >= 0.3 is 0 Å². The zero-order valence-electron chi connectivity index (χ0n) is 15.9. The summed E-state index contributed by atoms with van der Waals surface area (Å²) in [6.07, 6.45) is 0.859. The molecule has 0 aliphatic carbocycles. The molecule has 0 saturated heterocycles. The van der Waals surface area contributed by atoms with Gasteiger partial charge in [0.25, 0.3) is 5.56 Å². The second kappa shape index (κ2) is 8.57. The number of rotatable bonds is 6. The Morgan fingerprint density at radius 1 is 1.28 bits per heavy atom. The Labute approximate surface area is 177 Å². The number of halogens is 1. The Balaban J connectivity index is 1.61. The molecule has 1 aliphatic rings. The van der Waals surface area contributed by atoms with E-state index in [1.54, 1.807) is 34.8 Å². The predicted octanol–water partition coefficient (Wildman–Crippen LogP) is 3.38. The average molecular weight is 430 g/mol. The van der Waals surface area contributed by atoms with Crippen molar-refractivity contribution in [2.75, 3.05) is 30.9 Å². The standard InChI is InChI=1S/C21H20ClN3O3S/c1-28-11-10-25-20(27)16-7-6-15(22)12-17(16)23-21(25)29-13-19(26)24-9-8-14-4-2-3-5-18(14)24/h2-7,12H,8-11,13H2,1H3. The number of aromatic nitrogens is 2. The van der Waals surface area contributed by atoms with Crippen LogP contribution in [-0.2, 0) is 22.5 Å². The minimum atomic E-state index is -0.162. The van der Waals surface area contributed by atoms with Crippen molar-refractivity contribution in [1.82, 2.24) is 9.55 Å². The van der Waals surface area contributed by atoms with Crippen LogP contribution in [-0.4, -0.2) is 41.5 Å². The van der Waals surface area contributed by atoms with Crippen molar-refractivity contribution < 1.29 is 9.53 Å². The first-order chi connectivity index (χ1) is 14.1. The quantitative estimate of drug-likeness (QED) is 0.444. The molecule has 1 aromatic heterocycles. The highest BCUT2D eigenvalue weighted by atomic mass is 35.5. The highest BCUT2D eigenvalue weighted by molar-refractivity contribution is 7.99. The summed E-state index contributed by atoms with van der Waals surface area (Å²) in [6.45, 7) is 1.42. The number of carbonyl (C=O) groups is 1. The Bertz CT molecular complexity index is 1130. The number of thioether (sulfide) groups is 1. The maximum Gasteiger partial charge on any atom is 0.262 e. The first-order valence-corrected chi connectivity index (χ1v) is 10.6.